The molecule has 60 valence electrons. The first-order valence-corrected chi connectivity index (χ1v) is 3.59. The summed E-state index contributed by atoms with van der Waals surface area (Å²) in [7, 11) is 0. The Hall–Kier alpha value is -1.02. The normalized spacial score (nSPS) is 12.9. The number of aliphatic hydroxyl groups is 1. The van der Waals surface area contributed by atoms with Gasteiger partial charge < -0.3 is 9.52 Å². The average molecular weight is 152 g/mol. The number of hydrogen-bond donors (Lipinski definition) is 1. The van der Waals surface area contributed by atoms with E-state index in [1.807, 2.05) is 19.1 Å². The Kier molecular flexibility index (Phi) is 2.49. The van der Waals surface area contributed by atoms with Gasteiger partial charge >= 0.3 is 0 Å². The second-order valence-corrected chi connectivity index (χ2v) is 2.48. The lowest BCUT2D eigenvalue weighted by molar-refractivity contribution is 0.245. The van der Waals surface area contributed by atoms with Crippen LogP contribution in [0.1, 0.15) is 24.2 Å². The highest BCUT2D eigenvalue weighted by molar-refractivity contribution is 5.24. The van der Waals surface area contributed by atoms with Crippen LogP contribution in [0.3, 0.4) is 0 Å². The third kappa shape index (κ3) is 1.52. The summed E-state index contributed by atoms with van der Waals surface area (Å²) in [5, 5.41) is 8.82. The van der Waals surface area contributed by atoms with Crippen LogP contribution in [0.2, 0.25) is 0 Å². The van der Waals surface area contributed by atoms with Crippen molar-refractivity contribution in [3.8, 4) is 0 Å². The quantitative estimate of drug-likeness (QED) is 0.672. The minimum absolute atomic E-state index is 0.0412. The number of hydrogen-bond acceptors (Lipinski definition) is 2. The van der Waals surface area contributed by atoms with Gasteiger partial charge in [0.25, 0.3) is 0 Å². The molecule has 0 fully saturated rings. The van der Waals surface area contributed by atoms with E-state index < -0.39 is 0 Å². The molecule has 0 saturated heterocycles. The molecule has 1 rings (SSSR count). The van der Waals surface area contributed by atoms with Gasteiger partial charge in [-0.3, -0.25) is 0 Å². The maximum Gasteiger partial charge on any atom is 0.132 e. The van der Waals surface area contributed by atoms with E-state index in [1.165, 1.54) is 0 Å². The summed E-state index contributed by atoms with van der Waals surface area (Å²) < 4.78 is 5.04. The molecule has 0 bridgehead atoms. The van der Waals surface area contributed by atoms with Crippen molar-refractivity contribution in [2.45, 2.75) is 19.4 Å². The summed E-state index contributed by atoms with van der Waals surface area (Å²) in [6, 6.07) is 1.86. The molecule has 1 atom stereocenters. The second-order valence-electron chi connectivity index (χ2n) is 2.48. The predicted molar refractivity (Wildman–Crippen MR) is 43.2 cm³/mol. The number of aliphatic hydroxyl groups excluding tert-OH is 1. The van der Waals surface area contributed by atoms with E-state index >= 15 is 0 Å². The van der Waals surface area contributed by atoms with Crippen molar-refractivity contribution < 1.29 is 9.52 Å². The molecule has 1 heterocycles. The molecule has 0 radical (unpaired) electrons. The van der Waals surface area contributed by atoms with Crippen molar-refractivity contribution >= 4 is 0 Å². The van der Waals surface area contributed by atoms with E-state index in [1.54, 1.807) is 6.26 Å². The van der Waals surface area contributed by atoms with Crippen LogP contribution in [-0.2, 0) is 6.61 Å². The molecule has 0 aliphatic heterocycles. The standard InChI is InChI=1S/C9H12O2/c1-3-7(2)8-4-5-11-9(8)6-10/h3-5,7,10H,1,6H2,2H3. The SMILES string of the molecule is C=CC(C)c1ccoc1CO. The summed E-state index contributed by atoms with van der Waals surface area (Å²) in [4.78, 5) is 0. The first-order valence-electron chi connectivity index (χ1n) is 3.59. The number of rotatable bonds is 3. The highest BCUT2D eigenvalue weighted by Crippen LogP contribution is 2.21. The van der Waals surface area contributed by atoms with Crippen molar-refractivity contribution in [1.29, 1.82) is 0 Å². The van der Waals surface area contributed by atoms with Crippen LogP contribution >= 0.6 is 0 Å². The van der Waals surface area contributed by atoms with Gasteiger partial charge in [0, 0.05) is 11.5 Å². The molecule has 1 N–H and O–H groups in total. The zero-order chi connectivity index (χ0) is 8.27. The smallest absolute Gasteiger partial charge is 0.132 e. The Morgan fingerprint density at radius 1 is 1.82 bits per heavy atom. The Morgan fingerprint density at radius 3 is 3.09 bits per heavy atom. The van der Waals surface area contributed by atoms with Crippen LogP contribution < -0.4 is 0 Å². The molecule has 1 unspecified atom stereocenters. The van der Waals surface area contributed by atoms with E-state index in [2.05, 4.69) is 6.58 Å². The third-order valence-corrected chi connectivity index (χ3v) is 1.77. The van der Waals surface area contributed by atoms with E-state index in [9.17, 15) is 0 Å². The van der Waals surface area contributed by atoms with Gasteiger partial charge in [-0.15, -0.1) is 6.58 Å². The van der Waals surface area contributed by atoms with E-state index in [0.29, 0.717) is 5.76 Å². The Bertz CT molecular complexity index is 237. The highest BCUT2D eigenvalue weighted by Gasteiger charge is 2.08. The zero-order valence-corrected chi connectivity index (χ0v) is 6.58. The highest BCUT2D eigenvalue weighted by atomic mass is 16.4. The van der Waals surface area contributed by atoms with Crippen molar-refractivity contribution in [1.82, 2.24) is 0 Å². The molecular formula is C9H12O2. The van der Waals surface area contributed by atoms with Gasteiger partial charge in [0.05, 0.1) is 6.26 Å². The zero-order valence-electron chi connectivity index (χ0n) is 6.58. The summed E-state index contributed by atoms with van der Waals surface area (Å²) in [5.41, 5.74) is 1.02. The molecule has 0 aromatic carbocycles. The molecule has 11 heavy (non-hydrogen) atoms. The minimum Gasteiger partial charge on any atom is -0.467 e. The van der Waals surface area contributed by atoms with Crippen LogP contribution in [-0.4, -0.2) is 5.11 Å². The predicted octanol–water partition coefficient (Wildman–Crippen LogP) is 2.06. The molecule has 0 amide bonds. The lowest BCUT2D eigenvalue weighted by atomic mass is 10.0. The fourth-order valence-electron chi connectivity index (χ4n) is 1.01. The summed E-state index contributed by atoms with van der Waals surface area (Å²) >= 11 is 0. The Morgan fingerprint density at radius 2 is 2.55 bits per heavy atom. The van der Waals surface area contributed by atoms with E-state index in [0.717, 1.165) is 5.56 Å². The van der Waals surface area contributed by atoms with Gasteiger partial charge in [0.2, 0.25) is 0 Å². The molecule has 0 saturated carbocycles. The fraction of sp³-hybridized carbons (Fsp3) is 0.333. The molecule has 0 aliphatic carbocycles. The minimum atomic E-state index is -0.0412. The lowest BCUT2D eigenvalue weighted by Gasteiger charge is -2.03. The summed E-state index contributed by atoms with van der Waals surface area (Å²) in [6.45, 7) is 5.64. The average Bonchev–Trinajstić information content (AvgIpc) is 2.50. The van der Waals surface area contributed by atoms with Crippen molar-refractivity contribution in [3.63, 3.8) is 0 Å². The summed E-state index contributed by atoms with van der Waals surface area (Å²) in [6.07, 6.45) is 3.41. The summed E-state index contributed by atoms with van der Waals surface area (Å²) in [5.74, 6) is 0.883. The Labute approximate surface area is 66.2 Å². The van der Waals surface area contributed by atoms with Gasteiger partial charge in [-0.2, -0.15) is 0 Å². The number of furan rings is 1. The number of allylic oxidation sites excluding steroid dienone is 1. The van der Waals surface area contributed by atoms with Gasteiger partial charge in [-0.05, 0) is 6.07 Å². The molecule has 0 aliphatic rings. The van der Waals surface area contributed by atoms with Gasteiger partial charge in [0.15, 0.2) is 0 Å². The molecule has 0 spiro atoms. The monoisotopic (exact) mass is 152 g/mol. The topological polar surface area (TPSA) is 33.4 Å². The van der Waals surface area contributed by atoms with Crippen LogP contribution in [0, 0.1) is 0 Å². The van der Waals surface area contributed by atoms with Crippen LogP contribution in [0.15, 0.2) is 29.4 Å². The van der Waals surface area contributed by atoms with Gasteiger partial charge in [-0.1, -0.05) is 13.0 Å². The molecular weight excluding hydrogens is 140 g/mol. The largest absolute Gasteiger partial charge is 0.467 e. The van der Waals surface area contributed by atoms with Crippen molar-refractivity contribution in [2.24, 2.45) is 0 Å². The van der Waals surface area contributed by atoms with Crippen LogP contribution in [0.25, 0.3) is 0 Å². The second kappa shape index (κ2) is 3.39. The lowest BCUT2D eigenvalue weighted by Crippen LogP contribution is -1.91. The first-order chi connectivity index (χ1) is 5.29. The fourth-order valence-corrected chi connectivity index (χ4v) is 1.01. The molecule has 2 nitrogen and oxygen atoms in total. The van der Waals surface area contributed by atoms with E-state index in [-0.39, 0.29) is 12.5 Å². The molecule has 2 heteroatoms. The van der Waals surface area contributed by atoms with Crippen molar-refractivity contribution in [2.75, 3.05) is 0 Å². The van der Waals surface area contributed by atoms with Crippen LogP contribution in [0.5, 0.6) is 0 Å². The van der Waals surface area contributed by atoms with Crippen molar-refractivity contribution in [3.05, 3.63) is 36.3 Å². The molecule has 1 aromatic heterocycles. The third-order valence-electron chi connectivity index (χ3n) is 1.77. The Balaban J connectivity index is 2.91. The maximum absolute atomic E-state index is 8.82. The molecule has 1 aromatic rings. The maximum atomic E-state index is 8.82. The van der Waals surface area contributed by atoms with Crippen LogP contribution in [0.4, 0.5) is 0 Å². The van der Waals surface area contributed by atoms with E-state index in [4.69, 9.17) is 9.52 Å². The van der Waals surface area contributed by atoms with Gasteiger partial charge in [0.1, 0.15) is 12.4 Å². The van der Waals surface area contributed by atoms with Gasteiger partial charge in [-0.25, -0.2) is 0 Å². The first kappa shape index (κ1) is 8.08.